The lowest BCUT2D eigenvalue weighted by atomic mass is 10.0. The number of nitrogens with one attached hydrogen (secondary N) is 2. The molecule has 0 saturated carbocycles. The molecule has 0 radical (unpaired) electrons. The first-order valence-corrected chi connectivity index (χ1v) is 11.0. The number of amides is 2. The zero-order valence-corrected chi connectivity index (χ0v) is 19.4. The maximum Gasteiger partial charge on any atom is 0.251 e. The van der Waals surface area contributed by atoms with Crippen LogP contribution in [0.1, 0.15) is 53.0 Å². The van der Waals surface area contributed by atoms with Crippen molar-refractivity contribution < 1.29 is 19.1 Å². The fraction of sp³-hybridized carbons (Fsp3) is 0.400. The molecule has 7 nitrogen and oxygen atoms in total. The van der Waals surface area contributed by atoms with Gasteiger partial charge in [-0.15, -0.1) is 0 Å². The molecule has 0 unspecified atom stereocenters. The van der Waals surface area contributed by atoms with Gasteiger partial charge in [-0.1, -0.05) is 25.5 Å². The topological polar surface area (TPSA) is 87.7 Å². The number of hydrogen-bond acceptors (Lipinski definition) is 5. The molecule has 0 heterocycles. The van der Waals surface area contributed by atoms with Gasteiger partial charge in [0.1, 0.15) is 5.75 Å². The van der Waals surface area contributed by atoms with Crippen LogP contribution < -0.4 is 15.4 Å². The summed E-state index contributed by atoms with van der Waals surface area (Å²) in [7, 11) is 1.52. The lowest BCUT2D eigenvalue weighted by Crippen LogP contribution is -2.34. The van der Waals surface area contributed by atoms with Crippen molar-refractivity contribution in [2.75, 3.05) is 38.6 Å². The number of ether oxygens (including phenoxy) is 1. The Kier molecular flexibility index (Phi) is 9.88. The molecule has 0 bridgehead atoms. The Morgan fingerprint density at radius 2 is 1.66 bits per heavy atom. The maximum absolute atomic E-state index is 12.5. The Balaban J connectivity index is 1.83. The highest BCUT2D eigenvalue weighted by atomic mass is 16.5. The van der Waals surface area contributed by atoms with E-state index in [0.29, 0.717) is 29.1 Å². The highest BCUT2D eigenvalue weighted by Gasteiger charge is 2.15. The molecular weight excluding hydrogens is 406 g/mol. The number of hydrogen-bond donors (Lipinski definition) is 2. The molecule has 2 N–H and O–H groups in total. The minimum absolute atomic E-state index is 0.0591. The summed E-state index contributed by atoms with van der Waals surface area (Å²) in [6, 6.07) is 12.1. The average molecular weight is 440 g/mol. The molecule has 2 aromatic rings. The van der Waals surface area contributed by atoms with E-state index >= 15 is 0 Å². The van der Waals surface area contributed by atoms with Gasteiger partial charge in [0, 0.05) is 37.2 Å². The summed E-state index contributed by atoms with van der Waals surface area (Å²) in [5.41, 5.74) is 2.55. The van der Waals surface area contributed by atoms with E-state index in [9.17, 15) is 14.4 Å². The molecule has 7 heteroatoms. The van der Waals surface area contributed by atoms with Crippen molar-refractivity contribution in [3.8, 4) is 5.75 Å². The fourth-order valence-corrected chi connectivity index (χ4v) is 3.30. The van der Waals surface area contributed by atoms with Crippen LogP contribution in [-0.2, 0) is 4.79 Å². The second-order valence-electron chi connectivity index (χ2n) is 7.54. The molecule has 32 heavy (non-hydrogen) atoms. The van der Waals surface area contributed by atoms with Crippen LogP contribution in [0.2, 0.25) is 0 Å². The standard InChI is InChI=1S/C25H33N3O4/c1-5-28(6-2)16-15-26-25(31)19-8-10-20(11-9-19)27-24(30)14-12-22(29)21-17-18(3)7-13-23(21)32-4/h7-11,13,17H,5-6,12,14-16H2,1-4H3,(H,26,31)(H,27,30). The summed E-state index contributed by atoms with van der Waals surface area (Å²) >= 11 is 0. The van der Waals surface area contributed by atoms with Crippen molar-refractivity contribution in [2.24, 2.45) is 0 Å². The quantitative estimate of drug-likeness (QED) is 0.493. The molecule has 0 aromatic heterocycles. The lowest BCUT2D eigenvalue weighted by Gasteiger charge is -2.18. The van der Waals surface area contributed by atoms with Gasteiger partial charge in [-0.2, -0.15) is 0 Å². The second-order valence-corrected chi connectivity index (χ2v) is 7.54. The molecule has 172 valence electrons. The number of nitrogens with zero attached hydrogens (tertiary/aromatic N) is 1. The molecular formula is C25H33N3O4. The Bertz CT molecular complexity index is 921. The first-order chi connectivity index (χ1) is 15.4. The van der Waals surface area contributed by atoms with Gasteiger partial charge >= 0.3 is 0 Å². The van der Waals surface area contributed by atoms with E-state index in [1.165, 1.54) is 7.11 Å². The van der Waals surface area contributed by atoms with Crippen LogP contribution in [0.5, 0.6) is 5.75 Å². The largest absolute Gasteiger partial charge is 0.496 e. The van der Waals surface area contributed by atoms with E-state index in [4.69, 9.17) is 4.74 Å². The number of carbonyl (C=O) groups excluding carboxylic acids is 3. The van der Waals surface area contributed by atoms with Crippen LogP contribution >= 0.6 is 0 Å². The number of benzene rings is 2. The Hall–Kier alpha value is -3.19. The first kappa shape index (κ1) is 25.1. The van der Waals surface area contributed by atoms with Crippen LogP contribution in [0.3, 0.4) is 0 Å². The second kappa shape index (κ2) is 12.6. The molecule has 0 fully saturated rings. The Morgan fingerprint density at radius 1 is 0.969 bits per heavy atom. The molecule has 0 aliphatic heterocycles. The van der Waals surface area contributed by atoms with Crippen LogP contribution in [0.25, 0.3) is 0 Å². The van der Waals surface area contributed by atoms with Gasteiger partial charge in [0.2, 0.25) is 5.91 Å². The van der Waals surface area contributed by atoms with E-state index in [1.54, 1.807) is 36.4 Å². The van der Waals surface area contributed by atoms with Crippen molar-refractivity contribution in [2.45, 2.75) is 33.6 Å². The molecule has 2 amide bonds. The van der Waals surface area contributed by atoms with Gasteiger partial charge in [-0.3, -0.25) is 14.4 Å². The van der Waals surface area contributed by atoms with Crippen LogP contribution in [-0.4, -0.2) is 55.8 Å². The smallest absolute Gasteiger partial charge is 0.251 e. The molecule has 0 spiro atoms. The number of anilines is 1. The van der Waals surface area contributed by atoms with Crippen molar-refractivity contribution in [1.29, 1.82) is 0 Å². The number of rotatable bonds is 12. The maximum atomic E-state index is 12.5. The van der Waals surface area contributed by atoms with Crippen LogP contribution in [0, 0.1) is 6.92 Å². The number of aryl methyl sites for hydroxylation is 1. The summed E-state index contributed by atoms with van der Waals surface area (Å²) in [5.74, 6) is -0.0430. The molecule has 0 aliphatic rings. The van der Waals surface area contributed by atoms with Crippen LogP contribution in [0.15, 0.2) is 42.5 Å². The van der Waals surface area contributed by atoms with Gasteiger partial charge in [0.15, 0.2) is 5.78 Å². The summed E-state index contributed by atoms with van der Waals surface area (Å²) in [6.07, 6.45) is 0.141. The number of methoxy groups -OCH3 is 1. The van der Waals surface area contributed by atoms with Gasteiger partial charge in [0.05, 0.1) is 12.7 Å². The van der Waals surface area contributed by atoms with Crippen LogP contribution in [0.4, 0.5) is 5.69 Å². The first-order valence-electron chi connectivity index (χ1n) is 11.0. The third-order valence-electron chi connectivity index (χ3n) is 5.27. The zero-order valence-electron chi connectivity index (χ0n) is 19.4. The minimum Gasteiger partial charge on any atom is -0.496 e. The minimum atomic E-state index is -0.263. The highest BCUT2D eigenvalue weighted by Crippen LogP contribution is 2.22. The van der Waals surface area contributed by atoms with E-state index < -0.39 is 0 Å². The third-order valence-corrected chi connectivity index (χ3v) is 5.27. The summed E-state index contributed by atoms with van der Waals surface area (Å²) in [6.45, 7) is 9.37. The Labute approximate surface area is 190 Å². The predicted molar refractivity (Wildman–Crippen MR) is 126 cm³/mol. The monoisotopic (exact) mass is 439 g/mol. The van der Waals surface area contributed by atoms with Gasteiger partial charge in [-0.25, -0.2) is 0 Å². The van der Waals surface area contributed by atoms with Gasteiger partial charge in [-0.05, 0) is 56.4 Å². The van der Waals surface area contributed by atoms with Crippen molar-refractivity contribution in [3.63, 3.8) is 0 Å². The van der Waals surface area contributed by atoms with E-state index in [2.05, 4.69) is 29.4 Å². The van der Waals surface area contributed by atoms with Crippen molar-refractivity contribution in [1.82, 2.24) is 10.2 Å². The SMILES string of the molecule is CCN(CC)CCNC(=O)c1ccc(NC(=O)CCC(=O)c2cc(C)ccc2OC)cc1. The summed E-state index contributed by atoms with van der Waals surface area (Å²) < 4.78 is 5.25. The lowest BCUT2D eigenvalue weighted by molar-refractivity contribution is -0.116. The summed E-state index contributed by atoms with van der Waals surface area (Å²) in [4.78, 5) is 39.3. The number of Topliss-reactive ketones (excluding diaryl/α,β-unsaturated/α-hetero) is 1. The third kappa shape index (κ3) is 7.50. The molecule has 2 aromatic carbocycles. The highest BCUT2D eigenvalue weighted by molar-refractivity contribution is 6.02. The normalized spacial score (nSPS) is 10.7. The van der Waals surface area contributed by atoms with Gasteiger partial charge in [0.25, 0.3) is 5.91 Å². The molecule has 2 rings (SSSR count). The fourth-order valence-electron chi connectivity index (χ4n) is 3.30. The van der Waals surface area contributed by atoms with Crippen molar-refractivity contribution >= 4 is 23.3 Å². The Morgan fingerprint density at radius 3 is 2.28 bits per heavy atom. The average Bonchev–Trinajstić information content (AvgIpc) is 2.80. The number of carbonyl (C=O) groups is 3. The molecule has 0 aliphatic carbocycles. The zero-order chi connectivity index (χ0) is 23.5. The number of likely N-dealkylation sites (N-methyl/N-ethyl adjacent to an activating group) is 1. The number of ketones is 1. The van der Waals surface area contributed by atoms with E-state index in [1.807, 2.05) is 13.0 Å². The predicted octanol–water partition coefficient (Wildman–Crippen LogP) is 3.68. The van der Waals surface area contributed by atoms with E-state index in [0.717, 1.165) is 25.2 Å². The summed E-state index contributed by atoms with van der Waals surface area (Å²) in [5, 5.41) is 5.67. The molecule has 0 atom stereocenters. The van der Waals surface area contributed by atoms with Gasteiger partial charge < -0.3 is 20.3 Å². The van der Waals surface area contributed by atoms with E-state index in [-0.39, 0.29) is 30.4 Å². The van der Waals surface area contributed by atoms with Crippen molar-refractivity contribution in [3.05, 3.63) is 59.2 Å². The molecule has 0 saturated heterocycles.